The summed E-state index contributed by atoms with van der Waals surface area (Å²) in [6, 6.07) is 9.48. The average Bonchev–Trinajstić information content (AvgIpc) is 3.17. The molecule has 4 rings (SSSR count). The summed E-state index contributed by atoms with van der Waals surface area (Å²) < 4.78 is 0. The smallest absolute Gasteiger partial charge is 0.0722 e. The van der Waals surface area contributed by atoms with Gasteiger partial charge in [0.2, 0.25) is 0 Å². The molecule has 0 unspecified atom stereocenters. The second kappa shape index (κ2) is 27.3. The number of aromatic carboxylic acids is 12. The van der Waals surface area contributed by atoms with Gasteiger partial charge >= 0.3 is 0 Å². The van der Waals surface area contributed by atoms with Gasteiger partial charge in [0, 0.05) is 126 Å². The summed E-state index contributed by atoms with van der Waals surface area (Å²) >= 11 is 0. The van der Waals surface area contributed by atoms with Crippen molar-refractivity contribution >= 4 is 154 Å². The van der Waals surface area contributed by atoms with Gasteiger partial charge in [-0.15, -0.1) is 0 Å². The summed E-state index contributed by atoms with van der Waals surface area (Å²) in [5.41, 5.74) is -7.35. The van der Waals surface area contributed by atoms with Crippen LogP contribution >= 0.6 is 0 Å². The zero-order valence-electron chi connectivity index (χ0n) is 30.2. The summed E-state index contributed by atoms with van der Waals surface area (Å²) in [5, 5.41) is 125. The van der Waals surface area contributed by atoms with Gasteiger partial charge in [-0.05, 0) is 46.5 Å². The van der Waals surface area contributed by atoms with Gasteiger partial charge in [0.05, 0.1) is 71.6 Å². The average molecular weight is 1450 g/mol. The zero-order valence-corrected chi connectivity index (χ0v) is 41.9. The summed E-state index contributed by atoms with van der Waals surface area (Å²) in [5.74, 6) is -20.5. The molecule has 0 aliphatic heterocycles. The van der Waals surface area contributed by atoms with E-state index in [1.54, 1.807) is 0 Å². The standard InChI is InChI=1S/4C9H6O6.3Pb/c4*10-7(11)4-1-2-5(8(12)13)6(3-4)9(14)15;;;/h4*1-3H,(H,10,11)(H,12,13)(H,14,15);;;/p-12. The largest absolute Gasteiger partial charge is 0.545 e. The van der Waals surface area contributed by atoms with Crippen molar-refractivity contribution < 1.29 is 119 Å². The van der Waals surface area contributed by atoms with Gasteiger partial charge in [-0.2, -0.15) is 0 Å². The van der Waals surface area contributed by atoms with Gasteiger partial charge < -0.3 is 119 Å². The van der Waals surface area contributed by atoms with E-state index in [4.69, 9.17) is 0 Å². The molecule has 0 aliphatic carbocycles. The molecule has 63 heavy (non-hydrogen) atoms. The molecule has 27 heteroatoms. The Morgan fingerprint density at radius 3 is 0.429 bits per heavy atom. The monoisotopic (exact) mass is 1450 g/mol. The van der Waals surface area contributed by atoms with Crippen LogP contribution in [0, 0.1) is 0 Å². The minimum absolute atomic E-state index is 0. The Bertz CT molecular complexity index is 2150. The third-order valence-corrected chi connectivity index (χ3v) is 6.78. The van der Waals surface area contributed by atoms with Crippen LogP contribution in [0.1, 0.15) is 124 Å². The van der Waals surface area contributed by atoms with Crippen molar-refractivity contribution in [1.82, 2.24) is 0 Å². The molecule has 4 aromatic carbocycles. The van der Waals surface area contributed by atoms with Gasteiger partial charge in [0.15, 0.2) is 0 Å². The van der Waals surface area contributed by atoms with E-state index in [-0.39, 0.29) is 81.9 Å². The van der Waals surface area contributed by atoms with Crippen LogP contribution in [0.4, 0.5) is 0 Å². The van der Waals surface area contributed by atoms with Crippen molar-refractivity contribution in [1.29, 1.82) is 0 Å². The number of benzene rings is 4. The van der Waals surface area contributed by atoms with E-state index >= 15 is 0 Å². The van der Waals surface area contributed by atoms with E-state index < -0.39 is 138 Å². The van der Waals surface area contributed by atoms with Crippen LogP contribution in [0.5, 0.6) is 0 Å². The Morgan fingerprint density at radius 2 is 0.333 bits per heavy atom. The molecule has 0 saturated carbocycles. The first-order valence-corrected chi connectivity index (χ1v) is 14.9. The Labute approximate surface area is 408 Å². The van der Waals surface area contributed by atoms with E-state index in [2.05, 4.69) is 0 Å². The van der Waals surface area contributed by atoms with Crippen molar-refractivity contribution in [3.63, 3.8) is 0 Å². The summed E-state index contributed by atoms with van der Waals surface area (Å²) in [4.78, 5) is 125. The number of carboxylic acids is 12. The molecule has 0 aromatic heterocycles. The fourth-order valence-electron chi connectivity index (χ4n) is 4.07. The van der Waals surface area contributed by atoms with Crippen molar-refractivity contribution in [2.45, 2.75) is 0 Å². The second-order valence-corrected chi connectivity index (χ2v) is 10.5. The minimum Gasteiger partial charge on any atom is -0.545 e. The Kier molecular flexibility index (Phi) is 26.2. The van der Waals surface area contributed by atoms with Crippen LogP contribution in [0.15, 0.2) is 72.8 Å². The minimum atomic E-state index is -1.79. The van der Waals surface area contributed by atoms with Gasteiger partial charge in [-0.1, -0.05) is 48.5 Å². The molecule has 0 fully saturated rings. The van der Waals surface area contributed by atoms with E-state index in [1.165, 1.54) is 0 Å². The number of carboxylic acid groups (broad SMARTS) is 12. The molecule has 0 amide bonds. The normalized spacial score (nSPS) is 9.14. The maximum atomic E-state index is 10.5. The molecule has 0 bridgehead atoms. The number of hydrogen-bond acceptors (Lipinski definition) is 24. The van der Waals surface area contributed by atoms with Gasteiger partial charge in [-0.3, -0.25) is 0 Å². The Morgan fingerprint density at radius 1 is 0.206 bits per heavy atom. The van der Waals surface area contributed by atoms with Crippen LogP contribution in [0.2, 0.25) is 0 Å². The molecule has 4 aromatic rings. The van der Waals surface area contributed by atoms with Gasteiger partial charge in [-0.25, -0.2) is 0 Å². The van der Waals surface area contributed by atoms with Crippen LogP contribution < -0.4 is 61.3 Å². The van der Waals surface area contributed by atoms with Gasteiger partial charge in [0.25, 0.3) is 0 Å². The summed E-state index contributed by atoms with van der Waals surface area (Å²) in [7, 11) is 0. The molecule has 0 aliphatic rings. The first-order valence-electron chi connectivity index (χ1n) is 14.9. The van der Waals surface area contributed by atoms with Crippen LogP contribution in [-0.2, 0) is 0 Å². The number of hydrogen-bond donors (Lipinski definition) is 0. The predicted molar refractivity (Wildman–Crippen MR) is 175 cm³/mol. The molecule has 0 heterocycles. The maximum absolute atomic E-state index is 10.5. The topological polar surface area (TPSA) is 482 Å². The number of carbonyl (C=O) groups excluding carboxylic acids is 12. The molecule has 0 saturated heterocycles. The van der Waals surface area contributed by atoms with Crippen molar-refractivity contribution in [3.8, 4) is 0 Å². The molecule has 0 atom stereocenters. The fourth-order valence-corrected chi connectivity index (χ4v) is 4.07. The molecule has 0 spiro atoms. The van der Waals surface area contributed by atoms with Gasteiger partial charge in [0.1, 0.15) is 0 Å². The third kappa shape index (κ3) is 18.0. The molecular weight excluding hydrogens is 1440 g/mol. The fraction of sp³-hybridized carbons (Fsp3) is 0. The summed E-state index contributed by atoms with van der Waals surface area (Å²) in [6.07, 6.45) is 0. The third-order valence-electron chi connectivity index (χ3n) is 6.78. The zero-order chi connectivity index (χ0) is 46.3. The number of carbonyl (C=O) groups is 12. The van der Waals surface area contributed by atoms with Crippen molar-refractivity contribution in [2.75, 3.05) is 0 Å². The molecular formula is C36H12O24Pb3-12. The van der Waals surface area contributed by atoms with Crippen LogP contribution in [0.25, 0.3) is 0 Å². The molecule has 324 valence electrons. The van der Waals surface area contributed by atoms with Crippen molar-refractivity contribution in [2.24, 2.45) is 0 Å². The molecule has 24 nitrogen and oxygen atoms in total. The quantitative estimate of drug-likeness (QED) is 0.119. The summed E-state index contributed by atoms with van der Waals surface area (Å²) in [6.45, 7) is 0. The Balaban J connectivity index is -0.000000750. The van der Waals surface area contributed by atoms with Crippen LogP contribution in [0.3, 0.4) is 0 Å². The first-order chi connectivity index (χ1) is 27.7. The predicted octanol–water partition coefficient (Wildman–Crippen LogP) is -14.0. The van der Waals surface area contributed by atoms with Crippen LogP contribution in [-0.4, -0.2) is 154 Å². The molecule has 12 radical (unpaired) electrons. The first kappa shape index (κ1) is 60.6. The van der Waals surface area contributed by atoms with E-state index in [0.29, 0.717) is 24.3 Å². The SMILES string of the molecule is O=C([O-])c1ccc(C(=O)[O-])c(C(=O)[O-])c1.O=C([O-])c1ccc(C(=O)[O-])c(C(=O)[O-])c1.O=C([O-])c1ccc(C(=O)[O-])c(C(=O)[O-])c1.O=C([O-])c1ccc(C(=O)[O-])c(C(=O)[O-])c1.[Pb].[Pb].[Pb]. The Hall–Kier alpha value is -6.71. The van der Waals surface area contributed by atoms with E-state index in [1.807, 2.05) is 0 Å². The molecule has 0 N–H and O–H groups in total. The van der Waals surface area contributed by atoms with E-state index in [0.717, 1.165) is 48.5 Å². The van der Waals surface area contributed by atoms with Crippen molar-refractivity contribution in [3.05, 3.63) is 140 Å². The second-order valence-electron chi connectivity index (χ2n) is 10.5. The number of rotatable bonds is 12. The maximum Gasteiger partial charge on any atom is 0.0722 e. The van der Waals surface area contributed by atoms with E-state index in [9.17, 15) is 119 Å².